The van der Waals surface area contributed by atoms with Crippen molar-refractivity contribution in [3.8, 4) is 0 Å². The molecule has 10 heteroatoms. The third-order valence-corrected chi connectivity index (χ3v) is 9.17. The summed E-state index contributed by atoms with van der Waals surface area (Å²) in [5.74, 6) is -0.670. The van der Waals surface area contributed by atoms with Crippen molar-refractivity contribution in [3.05, 3.63) is 59.4 Å². The van der Waals surface area contributed by atoms with Gasteiger partial charge >= 0.3 is 6.09 Å². The van der Waals surface area contributed by atoms with Gasteiger partial charge in [-0.1, -0.05) is 23.5 Å². The lowest BCUT2D eigenvalue weighted by Crippen LogP contribution is -2.64. The molecule has 2 aromatic carbocycles. The maximum atomic E-state index is 13.6. The zero-order chi connectivity index (χ0) is 26.6. The summed E-state index contributed by atoms with van der Waals surface area (Å²) < 4.78 is 20.4. The number of fused-ring (bicyclic) bond motifs is 1. The number of nitrogens with two attached hydrogens (primary N) is 1. The summed E-state index contributed by atoms with van der Waals surface area (Å²) in [6.45, 7) is 8.23. The second-order valence-electron chi connectivity index (χ2n) is 11.2. The van der Waals surface area contributed by atoms with E-state index in [4.69, 9.17) is 10.5 Å². The van der Waals surface area contributed by atoms with Crippen LogP contribution in [0.1, 0.15) is 42.6 Å². The van der Waals surface area contributed by atoms with Gasteiger partial charge in [0.05, 0.1) is 22.3 Å². The average Bonchev–Trinajstić information content (AvgIpc) is 3.24. The Balaban J connectivity index is 0.980. The number of thiazole rings is 1. The molecule has 2 saturated heterocycles. The molecule has 38 heavy (non-hydrogen) atoms. The van der Waals surface area contributed by atoms with Crippen LogP contribution in [-0.4, -0.2) is 71.2 Å². The standard InChI is InChI=1S/C28H32FN5O3S/c1-17-12-33(26-31-23-8-7-21(29)9-24(23)38-26)13-18(2)34(17)27(36)37-22-10-28(11-22)15-32(16-28)14-19-3-5-20(6-4-19)25(30)35/h3-9,17-18,22H,10-16H2,1-2H3,(H2,30,35)/t17-,18+. The Bertz CT molecular complexity index is 1350. The number of likely N-dealkylation sites (tertiary alicyclic amines) is 1. The van der Waals surface area contributed by atoms with Gasteiger partial charge in [0, 0.05) is 43.7 Å². The normalized spacial score (nSPS) is 23.3. The van der Waals surface area contributed by atoms with Crippen LogP contribution in [0, 0.1) is 11.2 Å². The van der Waals surface area contributed by atoms with Crippen molar-refractivity contribution < 1.29 is 18.7 Å². The number of anilines is 1. The van der Waals surface area contributed by atoms with E-state index in [2.05, 4.69) is 14.8 Å². The molecule has 1 saturated carbocycles. The summed E-state index contributed by atoms with van der Waals surface area (Å²) in [5.41, 5.74) is 8.05. The maximum absolute atomic E-state index is 13.6. The van der Waals surface area contributed by atoms with Crippen LogP contribution in [0.2, 0.25) is 0 Å². The largest absolute Gasteiger partial charge is 0.446 e. The van der Waals surface area contributed by atoms with Crippen LogP contribution >= 0.6 is 11.3 Å². The van der Waals surface area contributed by atoms with Crippen molar-refractivity contribution in [1.82, 2.24) is 14.8 Å². The van der Waals surface area contributed by atoms with Gasteiger partial charge in [-0.05, 0) is 62.6 Å². The molecule has 1 aliphatic carbocycles. The molecule has 2 aliphatic heterocycles. The fourth-order valence-electron chi connectivity index (χ4n) is 6.36. The first kappa shape index (κ1) is 25.1. The second kappa shape index (κ2) is 9.50. The number of piperazine rings is 1. The molecule has 0 unspecified atom stereocenters. The summed E-state index contributed by atoms with van der Waals surface area (Å²) in [6, 6.07) is 12.1. The maximum Gasteiger partial charge on any atom is 0.410 e. The topological polar surface area (TPSA) is 92.0 Å². The summed E-state index contributed by atoms with van der Waals surface area (Å²) >= 11 is 1.48. The van der Waals surface area contributed by atoms with Crippen LogP contribution in [0.5, 0.6) is 0 Å². The van der Waals surface area contributed by atoms with Crippen molar-refractivity contribution in [1.29, 1.82) is 0 Å². The highest BCUT2D eigenvalue weighted by Gasteiger charge is 2.54. The van der Waals surface area contributed by atoms with E-state index >= 15 is 0 Å². The lowest BCUT2D eigenvalue weighted by atomic mass is 9.61. The van der Waals surface area contributed by atoms with E-state index in [9.17, 15) is 14.0 Å². The minimum atomic E-state index is -0.411. The predicted molar refractivity (Wildman–Crippen MR) is 145 cm³/mol. The fourth-order valence-corrected chi connectivity index (χ4v) is 7.37. The Kier molecular flexibility index (Phi) is 6.26. The van der Waals surface area contributed by atoms with Crippen molar-refractivity contribution in [3.63, 3.8) is 0 Å². The number of nitrogens with zero attached hydrogens (tertiary/aromatic N) is 4. The van der Waals surface area contributed by atoms with E-state index in [1.807, 2.05) is 30.9 Å². The number of carbonyl (C=O) groups is 2. The number of rotatable bonds is 5. The van der Waals surface area contributed by atoms with Gasteiger partial charge < -0.3 is 15.4 Å². The SMILES string of the molecule is C[C@@H]1CN(c2nc3ccc(F)cc3s2)C[C@H](C)N1C(=O)OC1CC2(C1)CN(Cc1ccc(C(N)=O)cc1)C2. The fraction of sp³-hybridized carbons (Fsp3) is 0.464. The summed E-state index contributed by atoms with van der Waals surface area (Å²) in [5, 5.41) is 0.858. The third kappa shape index (κ3) is 4.71. The first-order valence-electron chi connectivity index (χ1n) is 13.1. The van der Waals surface area contributed by atoms with E-state index in [0.29, 0.717) is 18.7 Å². The average molecular weight is 538 g/mol. The van der Waals surface area contributed by atoms with Crippen LogP contribution in [-0.2, 0) is 11.3 Å². The summed E-state index contributed by atoms with van der Waals surface area (Å²) in [4.78, 5) is 35.5. The molecule has 0 bridgehead atoms. The van der Waals surface area contributed by atoms with Crippen LogP contribution < -0.4 is 10.6 Å². The molecule has 1 spiro atoms. The first-order valence-corrected chi connectivity index (χ1v) is 13.9. The number of hydrogen-bond acceptors (Lipinski definition) is 7. The minimum Gasteiger partial charge on any atom is -0.446 e. The molecule has 3 heterocycles. The third-order valence-electron chi connectivity index (χ3n) is 8.09. The molecule has 2 N–H and O–H groups in total. The molecule has 2 atom stereocenters. The molecule has 8 nitrogen and oxygen atoms in total. The quantitative estimate of drug-likeness (QED) is 0.524. The van der Waals surface area contributed by atoms with Crippen molar-refractivity contribution in [2.75, 3.05) is 31.1 Å². The highest BCUT2D eigenvalue weighted by molar-refractivity contribution is 7.22. The molecule has 3 fully saturated rings. The van der Waals surface area contributed by atoms with Crippen LogP contribution in [0.4, 0.5) is 14.3 Å². The Morgan fingerprint density at radius 2 is 1.79 bits per heavy atom. The first-order chi connectivity index (χ1) is 18.2. The smallest absolute Gasteiger partial charge is 0.410 e. The molecular weight excluding hydrogens is 505 g/mol. The number of amides is 2. The second-order valence-corrected chi connectivity index (χ2v) is 12.2. The van der Waals surface area contributed by atoms with Crippen LogP contribution in [0.15, 0.2) is 42.5 Å². The predicted octanol–water partition coefficient (Wildman–Crippen LogP) is 4.23. The van der Waals surface area contributed by atoms with Gasteiger partial charge in [0.2, 0.25) is 5.91 Å². The van der Waals surface area contributed by atoms with Gasteiger partial charge in [0.25, 0.3) is 0 Å². The molecule has 1 aromatic heterocycles. The number of benzene rings is 2. The molecular formula is C28H32FN5O3S. The molecule has 3 aromatic rings. The van der Waals surface area contributed by atoms with Crippen molar-refractivity contribution in [2.45, 2.75) is 51.4 Å². The van der Waals surface area contributed by atoms with Crippen molar-refractivity contribution >= 4 is 38.7 Å². The number of carbonyl (C=O) groups excluding carboxylic acids is 2. The zero-order valence-corrected chi connectivity index (χ0v) is 22.4. The van der Waals surface area contributed by atoms with E-state index in [1.54, 1.807) is 18.2 Å². The Hall–Kier alpha value is -3.24. The number of halogens is 1. The molecule has 3 aliphatic rings. The number of primary amides is 1. The number of aromatic nitrogens is 1. The van der Waals surface area contributed by atoms with E-state index in [1.165, 1.54) is 23.5 Å². The van der Waals surface area contributed by atoms with Crippen LogP contribution in [0.25, 0.3) is 10.2 Å². The minimum absolute atomic E-state index is 0.0239. The van der Waals surface area contributed by atoms with Gasteiger partial charge in [0.15, 0.2) is 5.13 Å². The highest BCUT2D eigenvalue weighted by Crippen LogP contribution is 2.50. The van der Waals surface area contributed by atoms with Gasteiger partial charge in [-0.25, -0.2) is 14.2 Å². The number of ether oxygens (including phenoxy) is 1. The lowest BCUT2D eigenvalue weighted by Gasteiger charge is -2.58. The Morgan fingerprint density at radius 1 is 1.11 bits per heavy atom. The molecule has 0 radical (unpaired) electrons. The lowest BCUT2D eigenvalue weighted by molar-refractivity contribution is -0.137. The van der Waals surface area contributed by atoms with E-state index in [0.717, 1.165) is 53.4 Å². The molecule has 2 amide bonds. The summed E-state index contributed by atoms with van der Waals surface area (Å²) in [6.07, 6.45) is 1.54. The Labute approximate surface area is 225 Å². The number of hydrogen-bond donors (Lipinski definition) is 1. The highest BCUT2D eigenvalue weighted by atomic mass is 32.1. The zero-order valence-electron chi connectivity index (χ0n) is 21.6. The monoisotopic (exact) mass is 537 g/mol. The van der Waals surface area contributed by atoms with Crippen LogP contribution in [0.3, 0.4) is 0 Å². The van der Waals surface area contributed by atoms with Crippen molar-refractivity contribution in [2.24, 2.45) is 11.1 Å². The summed E-state index contributed by atoms with van der Waals surface area (Å²) in [7, 11) is 0. The Morgan fingerprint density at radius 3 is 2.45 bits per heavy atom. The van der Waals surface area contributed by atoms with E-state index in [-0.39, 0.29) is 35.5 Å². The molecule has 200 valence electrons. The van der Waals surface area contributed by atoms with Gasteiger partial charge in [-0.2, -0.15) is 0 Å². The van der Waals surface area contributed by atoms with E-state index < -0.39 is 5.91 Å². The van der Waals surface area contributed by atoms with Gasteiger partial charge in [0.1, 0.15) is 11.9 Å². The van der Waals surface area contributed by atoms with Gasteiger partial charge in [-0.3, -0.25) is 14.6 Å². The van der Waals surface area contributed by atoms with Gasteiger partial charge in [-0.15, -0.1) is 0 Å². The molecule has 6 rings (SSSR count).